The molecule has 0 N–H and O–H groups in total. The van der Waals surface area contributed by atoms with Crippen LogP contribution in [0.1, 0.15) is 28.8 Å². The number of cyclic esters (lactones) is 1. The topological polar surface area (TPSA) is 29.5 Å². The van der Waals surface area contributed by atoms with Crippen molar-refractivity contribution in [3.63, 3.8) is 0 Å². The van der Waals surface area contributed by atoms with Gasteiger partial charge in [-0.3, -0.25) is 0 Å². The van der Waals surface area contributed by atoms with Gasteiger partial charge in [0.2, 0.25) is 0 Å². The van der Waals surface area contributed by atoms with Gasteiger partial charge < -0.3 is 9.64 Å². The summed E-state index contributed by atoms with van der Waals surface area (Å²) in [5.74, 6) is -0.237. The molecule has 0 bridgehead atoms. The predicted octanol–water partition coefficient (Wildman–Crippen LogP) is 2.61. The largest absolute Gasteiger partial charge is 0.457 e. The Morgan fingerprint density at radius 3 is 2.75 bits per heavy atom. The quantitative estimate of drug-likeness (QED) is 0.704. The first-order valence-electron chi connectivity index (χ1n) is 5.51. The molecule has 0 spiro atoms. The second-order valence-electron chi connectivity index (χ2n) is 4.20. The smallest absolute Gasteiger partial charge is 0.341 e. The summed E-state index contributed by atoms with van der Waals surface area (Å²) in [5, 5.41) is 0.652. The summed E-state index contributed by atoms with van der Waals surface area (Å²) >= 11 is 6.20. The van der Waals surface area contributed by atoms with Crippen LogP contribution in [-0.2, 0) is 11.3 Å². The van der Waals surface area contributed by atoms with Crippen molar-refractivity contribution in [2.24, 2.45) is 0 Å². The van der Waals surface area contributed by atoms with Crippen molar-refractivity contribution in [3.05, 3.63) is 28.3 Å². The van der Waals surface area contributed by atoms with E-state index >= 15 is 0 Å². The van der Waals surface area contributed by atoms with Gasteiger partial charge in [0.15, 0.2) is 0 Å². The highest BCUT2D eigenvalue weighted by Gasteiger charge is 2.30. The van der Waals surface area contributed by atoms with E-state index in [0.717, 1.165) is 37.2 Å². The standard InChI is InChI=1S/C12H12ClNO2/c13-9-4-3-8-7-16-12(15)10(8)11(9)14-5-1-2-6-14/h3-4H,1-2,5-7H2. The Bertz CT molecular complexity index is 453. The number of hydrogen-bond donors (Lipinski definition) is 0. The van der Waals surface area contributed by atoms with Crippen LogP contribution in [0.15, 0.2) is 12.1 Å². The van der Waals surface area contributed by atoms with Crippen LogP contribution in [0.2, 0.25) is 5.02 Å². The van der Waals surface area contributed by atoms with Crippen molar-refractivity contribution < 1.29 is 9.53 Å². The Labute approximate surface area is 98.9 Å². The molecule has 0 radical (unpaired) electrons. The summed E-state index contributed by atoms with van der Waals surface area (Å²) in [6.45, 7) is 2.33. The molecule has 2 heterocycles. The molecule has 0 amide bonds. The highest BCUT2D eigenvalue weighted by Crippen LogP contribution is 2.37. The number of hydrogen-bond acceptors (Lipinski definition) is 3. The Kier molecular flexibility index (Phi) is 2.28. The second-order valence-corrected chi connectivity index (χ2v) is 4.61. The normalized spacial score (nSPS) is 18.8. The number of halogens is 1. The third kappa shape index (κ3) is 1.39. The van der Waals surface area contributed by atoms with E-state index in [2.05, 4.69) is 4.90 Å². The highest BCUT2D eigenvalue weighted by molar-refractivity contribution is 6.34. The van der Waals surface area contributed by atoms with E-state index in [1.807, 2.05) is 12.1 Å². The molecule has 1 fully saturated rings. The van der Waals surface area contributed by atoms with Gasteiger partial charge in [0.1, 0.15) is 6.61 Å². The number of benzene rings is 1. The van der Waals surface area contributed by atoms with Gasteiger partial charge in [0.05, 0.1) is 16.3 Å². The number of nitrogens with zero attached hydrogens (tertiary/aromatic N) is 1. The molecule has 16 heavy (non-hydrogen) atoms. The molecule has 4 heteroatoms. The molecule has 1 saturated heterocycles. The molecule has 3 nitrogen and oxygen atoms in total. The maximum atomic E-state index is 11.7. The van der Waals surface area contributed by atoms with E-state index in [9.17, 15) is 4.79 Å². The van der Waals surface area contributed by atoms with Crippen molar-refractivity contribution in [3.8, 4) is 0 Å². The summed E-state index contributed by atoms with van der Waals surface area (Å²) in [5.41, 5.74) is 2.50. The fraction of sp³-hybridized carbons (Fsp3) is 0.417. The lowest BCUT2D eigenvalue weighted by Gasteiger charge is -2.21. The van der Waals surface area contributed by atoms with Crippen molar-refractivity contribution in [1.29, 1.82) is 0 Å². The molecule has 2 aliphatic rings. The number of esters is 1. The molecule has 0 aromatic heterocycles. The Morgan fingerprint density at radius 2 is 2.00 bits per heavy atom. The minimum Gasteiger partial charge on any atom is -0.457 e. The maximum Gasteiger partial charge on any atom is 0.341 e. The van der Waals surface area contributed by atoms with Crippen LogP contribution in [0.4, 0.5) is 5.69 Å². The van der Waals surface area contributed by atoms with Gasteiger partial charge in [-0.2, -0.15) is 0 Å². The number of carbonyl (C=O) groups excluding carboxylic acids is 1. The van der Waals surface area contributed by atoms with Crippen molar-refractivity contribution in [1.82, 2.24) is 0 Å². The first-order valence-corrected chi connectivity index (χ1v) is 5.88. The lowest BCUT2D eigenvalue weighted by atomic mass is 10.1. The predicted molar refractivity (Wildman–Crippen MR) is 62.0 cm³/mol. The van der Waals surface area contributed by atoms with Gasteiger partial charge >= 0.3 is 5.97 Å². The van der Waals surface area contributed by atoms with E-state index in [0.29, 0.717) is 17.2 Å². The third-order valence-electron chi connectivity index (χ3n) is 3.20. The molecule has 84 valence electrons. The molecule has 0 atom stereocenters. The average Bonchev–Trinajstić information content (AvgIpc) is 2.89. The van der Waals surface area contributed by atoms with Crippen LogP contribution in [0, 0.1) is 0 Å². The maximum absolute atomic E-state index is 11.7. The zero-order valence-electron chi connectivity index (χ0n) is 8.83. The molecule has 1 aromatic carbocycles. The number of rotatable bonds is 1. The first kappa shape index (κ1) is 9.97. The van der Waals surface area contributed by atoms with E-state index in [1.165, 1.54) is 0 Å². The summed E-state index contributed by atoms with van der Waals surface area (Å²) in [6, 6.07) is 3.73. The second kappa shape index (κ2) is 3.67. The number of anilines is 1. The minimum absolute atomic E-state index is 0.237. The Morgan fingerprint density at radius 1 is 1.25 bits per heavy atom. The minimum atomic E-state index is -0.237. The molecule has 0 unspecified atom stereocenters. The molecule has 2 aliphatic heterocycles. The van der Waals surface area contributed by atoms with E-state index < -0.39 is 0 Å². The molecule has 0 aliphatic carbocycles. The van der Waals surface area contributed by atoms with Crippen LogP contribution < -0.4 is 4.90 Å². The number of fused-ring (bicyclic) bond motifs is 1. The molecule has 3 rings (SSSR count). The van der Waals surface area contributed by atoms with Crippen molar-refractivity contribution in [2.45, 2.75) is 19.4 Å². The molecular formula is C12H12ClNO2. The van der Waals surface area contributed by atoms with Gasteiger partial charge in [-0.15, -0.1) is 0 Å². The zero-order chi connectivity index (χ0) is 11.1. The van der Waals surface area contributed by atoms with Gasteiger partial charge in [-0.05, 0) is 18.9 Å². The van der Waals surface area contributed by atoms with Gasteiger partial charge in [-0.1, -0.05) is 17.7 Å². The van der Waals surface area contributed by atoms with Crippen molar-refractivity contribution in [2.75, 3.05) is 18.0 Å². The summed E-state index contributed by atoms with van der Waals surface area (Å²) < 4.78 is 5.05. The van der Waals surface area contributed by atoms with E-state index in [4.69, 9.17) is 16.3 Å². The lowest BCUT2D eigenvalue weighted by molar-refractivity contribution is 0.0535. The zero-order valence-corrected chi connectivity index (χ0v) is 9.59. The summed E-state index contributed by atoms with van der Waals surface area (Å²) in [7, 11) is 0. The monoisotopic (exact) mass is 237 g/mol. The Balaban J connectivity index is 2.15. The van der Waals surface area contributed by atoms with Crippen LogP contribution in [0.5, 0.6) is 0 Å². The average molecular weight is 238 g/mol. The van der Waals surface area contributed by atoms with Gasteiger partial charge in [-0.25, -0.2) is 4.79 Å². The van der Waals surface area contributed by atoms with Crippen LogP contribution in [0.3, 0.4) is 0 Å². The van der Waals surface area contributed by atoms with Gasteiger partial charge in [0.25, 0.3) is 0 Å². The fourth-order valence-electron chi connectivity index (χ4n) is 2.42. The molecule has 0 saturated carbocycles. The molecular weight excluding hydrogens is 226 g/mol. The first-order chi connectivity index (χ1) is 7.77. The summed E-state index contributed by atoms with van der Waals surface area (Å²) in [4.78, 5) is 13.9. The van der Waals surface area contributed by atoms with Crippen molar-refractivity contribution >= 4 is 23.3 Å². The number of carbonyl (C=O) groups is 1. The van der Waals surface area contributed by atoms with Gasteiger partial charge in [0, 0.05) is 18.7 Å². The Hall–Kier alpha value is -1.22. The van der Waals surface area contributed by atoms with Crippen LogP contribution in [0.25, 0.3) is 0 Å². The van der Waals surface area contributed by atoms with E-state index in [-0.39, 0.29) is 5.97 Å². The SMILES string of the molecule is O=C1OCc2ccc(Cl)c(N3CCCC3)c21. The third-order valence-corrected chi connectivity index (χ3v) is 3.51. The lowest BCUT2D eigenvalue weighted by Crippen LogP contribution is -2.20. The summed E-state index contributed by atoms with van der Waals surface area (Å²) in [6.07, 6.45) is 2.32. The highest BCUT2D eigenvalue weighted by atomic mass is 35.5. The fourth-order valence-corrected chi connectivity index (χ4v) is 2.70. The molecule has 1 aromatic rings. The number of ether oxygens (including phenoxy) is 1. The van der Waals surface area contributed by atoms with E-state index in [1.54, 1.807) is 0 Å². The van der Waals surface area contributed by atoms with Crippen LogP contribution >= 0.6 is 11.6 Å². The van der Waals surface area contributed by atoms with Crippen LogP contribution in [-0.4, -0.2) is 19.1 Å².